The van der Waals surface area contributed by atoms with Gasteiger partial charge in [0.05, 0.1) is 0 Å². The van der Waals surface area contributed by atoms with Crippen LogP contribution in [0, 0.1) is 0 Å². The summed E-state index contributed by atoms with van der Waals surface area (Å²) >= 11 is 2.08. The molecule has 1 aromatic carbocycles. The van der Waals surface area contributed by atoms with Gasteiger partial charge in [0.2, 0.25) is 0 Å². The van der Waals surface area contributed by atoms with E-state index in [0.29, 0.717) is 0 Å². The molecule has 2 nitrogen and oxygen atoms in total. The van der Waals surface area contributed by atoms with Crippen LogP contribution in [0.1, 0.15) is 5.56 Å². The number of benzene rings is 1. The molecule has 0 spiro atoms. The van der Waals surface area contributed by atoms with Crippen molar-refractivity contribution in [3.8, 4) is 11.5 Å². The Balaban J connectivity index is 3.13. The first-order valence-corrected chi connectivity index (χ1v) is 4.03. The molecule has 0 aliphatic carbocycles. The number of methoxy groups -OCH3 is 2. The van der Waals surface area contributed by atoms with Gasteiger partial charge in [-0.2, -0.15) is 0 Å². The molecule has 0 heterocycles. The molecule has 0 N–H and O–H groups in total. The van der Waals surface area contributed by atoms with Crippen LogP contribution in [0.3, 0.4) is 0 Å². The van der Waals surface area contributed by atoms with Crippen LogP contribution in [-0.4, -0.2) is 31.9 Å². The molecule has 0 bridgehead atoms. The van der Waals surface area contributed by atoms with E-state index in [4.69, 9.17) is 9.47 Å². The van der Waals surface area contributed by atoms with E-state index in [1.165, 1.54) is 0 Å². The van der Waals surface area contributed by atoms with Crippen LogP contribution in [0.4, 0.5) is 0 Å². The van der Waals surface area contributed by atoms with E-state index in [2.05, 4.69) is 17.7 Å². The summed E-state index contributed by atoms with van der Waals surface area (Å²) in [5.74, 6) is 1.80. The Labute approximate surface area is 82.1 Å². The molecule has 1 aromatic rings. The van der Waals surface area contributed by atoms with Gasteiger partial charge in [-0.1, -0.05) is 0 Å². The first kappa shape index (κ1) is 9.50. The average Bonchev–Trinajstić information content (AvgIpc) is 2.16. The predicted molar refractivity (Wildman–Crippen MR) is 49.0 cm³/mol. The summed E-state index contributed by atoms with van der Waals surface area (Å²) < 4.78 is 10.4. The fourth-order valence-corrected chi connectivity index (χ4v) is 1.28. The van der Waals surface area contributed by atoms with Crippen LogP contribution >= 0.6 is 0 Å². The quantitative estimate of drug-likeness (QED) is 0.618. The maximum absolute atomic E-state index is 5.20. The van der Waals surface area contributed by atoms with Crippen LogP contribution < -0.4 is 9.47 Å². The standard InChI is InChI=1S/C9H11O2.Li/c1-7-8(10-2)5-4-6-9(7)11-3;/h4-6H,1H2,2-3H3;. The Morgan fingerprint density at radius 1 is 1.17 bits per heavy atom. The molecule has 0 atom stereocenters. The molecule has 0 unspecified atom stereocenters. The SMILES string of the molecule is [Li][CH2]c1c(OC)cccc1OC. The number of hydrogen-bond acceptors (Lipinski definition) is 2. The van der Waals surface area contributed by atoms with Crippen molar-refractivity contribution in [2.24, 2.45) is 0 Å². The van der Waals surface area contributed by atoms with Gasteiger partial charge in [-0.05, 0) is 0 Å². The van der Waals surface area contributed by atoms with Crippen molar-refractivity contribution in [2.75, 3.05) is 14.2 Å². The van der Waals surface area contributed by atoms with Gasteiger partial charge >= 0.3 is 81.8 Å². The van der Waals surface area contributed by atoms with Crippen LogP contribution in [0.2, 0.25) is 0 Å². The van der Waals surface area contributed by atoms with Crippen molar-refractivity contribution in [1.29, 1.82) is 0 Å². The molecule has 0 radical (unpaired) electrons. The summed E-state index contributed by atoms with van der Waals surface area (Å²) in [6.07, 6.45) is 0. The summed E-state index contributed by atoms with van der Waals surface area (Å²) in [6.45, 7) is 0. The second-order valence-corrected chi connectivity index (χ2v) is 2.49. The molecule has 60 valence electrons. The molecule has 0 fully saturated rings. The van der Waals surface area contributed by atoms with Crippen LogP contribution in [0.25, 0.3) is 0 Å². The zero-order valence-corrected chi connectivity index (χ0v) is 7.76. The molecule has 0 saturated heterocycles. The van der Waals surface area contributed by atoms with Crippen molar-refractivity contribution in [3.63, 3.8) is 0 Å². The van der Waals surface area contributed by atoms with Crippen LogP contribution in [-0.2, 0) is 5.09 Å². The summed E-state index contributed by atoms with van der Waals surface area (Å²) in [6, 6.07) is 5.82. The van der Waals surface area contributed by atoms with Crippen molar-refractivity contribution in [1.82, 2.24) is 0 Å². The maximum atomic E-state index is 5.20. The van der Waals surface area contributed by atoms with Crippen molar-refractivity contribution in [3.05, 3.63) is 23.8 Å². The molecule has 0 aliphatic rings. The second-order valence-electron chi connectivity index (χ2n) is 2.49. The summed E-state index contributed by atoms with van der Waals surface area (Å²) in [5.41, 5.74) is 1.13. The fraction of sp³-hybridized carbons (Fsp3) is 0.333. The number of hydrogen-bond donors (Lipinski definition) is 0. The zero-order chi connectivity index (χ0) is 8.97. The van der Waals surface area contributed by atoms with Gasteiger partial charge in [0.1, 0.15) is 0 Å². The first-order valence-electron chi connectivity index (χ1n) is 4.03. The minimum atomic E-state index is 0.900. The Kier molecular flexibility index (Phi) is 3.52. The fourth-order valence-electron chi connectivity index (χ4n) is 1.28. The summed E-state index contributed by atoms with van der Waals surface area (Å²) in [4.78, 5) is 0. The van der Waals surface area contributed by atoms with Gasteiger partial charge in [0.15, 0.2) is 0 Å². The van der Waals surface area contributed by atoms with E-state index >= 15 is 0 Å². The molecule has 0 aromatic heterocycles. The first-order chi connectivity index (χ1) is 5.83. The second kappa shape index (κ2) is 4.44. The topological polar surface area (TPSA) is 18.5 Å². The molecule has 12 heavy (non-hydrogen) atoms. The van der Waals surface area contributed by atoms with E-state index < -0.39 is 0 Å². The van der Waals surface area contributed by atoms with Gasteiger partial charge < -0.3 is 0 Å². The predicted octanol–water partition coefficient (Wildman–Crippen LogP) is 1.37. The summed E-state index contributed by atoms with van der Waals surface area (Å²) in [5, 5.41) is 0.924. The van der Waals surface area contributed by atoms with Gasteiger partial charge in [-0.3, -0.25) is 0 Å². The van der Waals surface area contributed by atoms with Gasteiger partial charge in [0.25, 0.3) is 0 Å². The van der Waals surface area contributed by atoms with Gasteiger partial charge in [-0.25, -0.2) is 0 Å². The van der Waals surface area contributed by atoms with Crippen molar-refractivity contribution < 1.29 is 9.47 Å². The number of ether oxygens (including phenoxy) is 2. The van der Waals surface area contributed by atoms with Crippen molar-refractivity contribution in [2.45, 2.75) is 5.09 Å². The van der Waals surface area contributed by atoms with Gasteiger partial charge in [0, 0.05) is 0 Å². The molecular formula is C9H11LiO2. The molecular weight excluding hydrogens is 147 g/mol. The Morgan fingerprint density at radius 2 is 1.67 bits per heavy atom. The van der Waals surface area contributed by atoms with E-state index in [1.54, 1.807) is 14.2 Å². The van der Waals surface area contributed by atoms with Crippen LogP contribution in [0.5, 0.6) is 11.5 Å². The Hall–Kier alpha value is -0.583. The minimum absolute atomic E-state index is 0.900. The molecule has 3 heteroatoms. The van der Waals surface area contributed by atoms with E-state index in [-0.39, 0.29) is 0 Å². The van der Waals surface area contributed by atoms with Gasteiger partial charge in [-0.15, -0.1) is 0 Å². The summed E-state index contributed by atoms with van der Waals surface area (Å²) in [7, 11) is 3.35. The Bertz CT molecular complexity index is 238. The number of rotatable bonds is 3. The molecule has 1 rings (SSSR count). The molecule has 0 amide bonds. The average molecular weight is 158 g/mol. The molecule has 0 saturated carbocycles. The third-order valence-corrected chi connectivity index (χ3v) is 1.88. The van der Waals surface area contributed by atoms with Crippen LogP contribution in [0.15, 0.2) is 18.2 Å². The van der Waals surface area contributed by atoms with E-state index in [0.717, 1.165) is 22.2 Å². The molecule has 0 aliphatic heterocycles. The van der Waals surface area contributed by atoms with Crippen molar-refractivity contribution >= 4 is 17.7 Å². The van der Waals surface area contributed by atoms with E-state index in [9.17, 15) is 0 Å². The zero-order valence-electron chi connectivity index (χ0n) is 7.76. The normalized spacial score (nSPS) is 9.67. The third kappa shape index (κ3) is 1.77. The van der Waals surface area contributed by atoms with E-state index in [1.807, 2.05) is 18.2 Å². The monoisotopic (exact) mass is 158 g/mol. The third-order valence-electron chi connectivity index (χ3n) is 1.88. The Morgan fingerprint density at radius 3 is 2.00 bits per heavy atom.